The van der Waals surface area contributed by atoms with Crippen LogP contribution in [0.3, 0.4) is 0 Å². The molecule has 2 aromatic carbocycles. The summed E-state index contributed by atoms with van der Waals surface area (Å²) in [7, 11) is -2.01. The van der Waals surface area contributed by atoms with Crippen molar-refractivity contribution in [2.45, 2.75) is 43.2 Å². The zero-order valence-electron chi connectivity index (χ0n) is 21.5. The van der Waals surface area contributed by atoms with Crippen LogP contribution in [0.5, 0.6) is 5.75 Å². The summed E-state index contributed by atoms with van der Waals surface area (Å²) in [5.41, 5.74) is 0.886. The van der Waals surface area contributed by atoms with E-state index in [4.69, 9.17) is 14.7 Å². The number of ether oxygens (including phenoxy) is 1. The number of piperazine rings is 1. The summed E-state index contributed by atoms with van der Waals surface area (Å²) in [6.45, 7) is 5.03. The number of aliphatic hydroxyl groups excluding tert-OH is 1. The fraction of sp³-hybridized carbons (Fsp3) is 0.481. The summed E-state index contributed by atoms with van der Waals surface area (Å²) in [5.74, 6) is 2.23. The molecule has 9 nitrogen and oxygen atoms in total. The van der Waals surface area contributed by atoms with E-state index in [1.54, 1.807) is 35.7 Å². The first kappa shape index (κ1) is 25.8. The smallest absolute Gasteiger partial charge is 0.243 e. The molecule has 2 aliphatic heterocycles. The second kappa shape index (κ2) is 10.9. The highest BCUT2D eigenvalue weighted by atomic mass is 32.2. The van der Waals surface area contributed by atoms with Gasteiger partial charge in [0.1, 0.15) is 17.4 Å². The van der Waals surface area contributed by atoms with Gasteiger partial charge in [0.05, 0.1) is 36.2 Å². The first-order chi connectivity index (χ1) is 17.9. The molecule has 198 valence electrons. The summed E-state index contributed by atoms with van der Waals surface area (Å²) in [6.07, 6.45) is 3.13. The number of aromatic nitrogens is 2. The Morgan fingerprint density at radius 3 is 2.43 bits per heavy atom. The van der Waals surface area contributed by atoms with Gasteiger partial charge < -0.3 is 14.7 Å². The van der Waals surface area contributed by atoms with Crippen molar-refractivity contribution in [2.75, 3.05) is 51.3 Å². The van der Waals surface area contributed by atoms with Gasteiger partial charge in [-0.1, -0.05) is 12.1 Å². The van der Waals surface area contributed by atoms with Crippen LogP contribution in [0.25, 0.3) is 10.9 Å². The van der Waals surface area contributed by atoms with E-state index in [-0.39, 0.29) is 23.6 Å². The predicted octanol–water partition coefficient (Wildman–Crippen LogP) is 3.06. The predicted molar refractivity (Wildman–Crippen MR) is 143 cm³/mol. The molecule has 1 N–H and O–H groups in total. The van der Waals surface area contributed by atoms with Gasteiger partial charge in [0.25, 0.3) is 0 Å². The van der Waals surface area contributed by atoms with Crippen LogP contribution in [0.2, 0.25) is 0 Å². The molecule has 2 unspecified atom stereocenters. The Kier molecular flexibility index (Phi) is 7.62. The van der Waals surface area contributed by atoms with Gasteiger partial charge in [-0.2, -0.15) is 4.31 Å². The van der Waals surface area contributed by atoms with E-state index < -0.39 is 10.0 Å². The van der Waals surface area contributed by atoms with Gasteiger partial charge in [0, 0.05) is 38.1 Å². The number of methoxy groups -OCH3 is 1. The Balaban J connectivity index is 1.36. The molecule has 0 radical (unpaired) electrons. The largest absolute Gasteiger partial charge is 0.497 e. The lowest BCUT2D eigenvalue weighted by Gasteiger charge is -2.38. The normalized spacial score (nSPS) is 20.7. The highest BCUT2D eigenvalue weighted by molar-refractivity contribution is 7.89. The van der Waals surface area contributed by atoms with Crippen molar-refractivity contribution in [1.29, 1.82) is 0 Å². The lowest BCUT2D eigenvalue weighted by atomic mass is 10.0. The molecule has 10 heteroatoms. The second-order valence-electron chi connectivity index (χ2n) is 9.74. The van der Waals surface area contributed by atoms with Crippen molar-refractivity contribution in [2.24, 2.45) is 0 Å². The molecule has 3 aromatic rings. The van der Waals surface area contributed by atoms with Crippen LogP contribution >= 0.6 is 0 Å². The van der Waals surface area contributed by atoms with Crippen LogP contribution in [0.1, 0.15) is 38.1 Å². The Morgan fingerprint density at radius 1 is 1.00 bits per heavy atom. The third kappa shape index (κ3) is 5.16. The number of hydrogen-bond donors (Lipinski definition) is 1. The Morgan fingerprint density at radius 2 is 1.73 bits per heavy atom. The number of aliphatic hydroxyl groups is 1. The van der Waals surface area contributed by atoms with Crippen LogP contribution in [0, 0.1) is 0 Å². The topological polar surface area (TPSA) is 99.1 Å². The maximum absolute atomic E-state index is 13.2. The molecule has 5 rings (SSSR count). The number of piperidine rings is 1. The zero-order valence-corrected chi connectivity index (χ0v) is 22.3. The quantitative estimate of drug-likeness (QED) is 0.503. The van der Waals surface area contributed by atoms with Crippen LogP contribution < -0.4 is 9.64 Å². The molecular formula is C27H35N5O4S. The molecule has 37 heavy (non-hydrogen) atoms. The first-order valence-corrected chi connectivity index (χ1v) is 14.4. The lowest BCUT2D eigenvalue weighted by Crippen LogP contribution is -2.49. The molecule has 0 amide bonds. The van der Waals surface area contributed by atoms with Gasteiger partial charge in [0.15, 0.2) is 0 Å². The number of sulfonamides is 1. The highest BCUT2D eigenvalue weighted by Gasteiger charge is 2.32. The van der Waals surface area contributed by atoms with Gasteiger partial charge in [0.2, 0.25) is 10.0 Å². The molecule has 2 fully saturated rings. The van der Waals surface area contributed by atoms with Gasteiger partial charge >= 0.3 is 0 Å². The maximum Gasteiger partial charge on any atom is 0.243 e. The average molecular weight is 526 g/mol. The summed E-state index contributed by atoms with van der Waals surface area (Å²) >= 11 is 0. The SMILES string of the molecule is COc1ccc(S(=O)(=O)N2CCN(C(C)c3nc(N4CCCCC4CO)c4ccccc4n3)CC2)cc1. The summed E-state index contributed by atoms with van der Waals surface area (Å²) in [6, 6.07) is 14.5. The second-order valence-corrected chi connectivity index (χ2v) is 11.7. The number of anilines is 1. The van der Waals surface area contributed by atoms with E-state index in [1.165, 1.54) is 0 Å². The first-order valence-electron chi connectivity index (χ1n) is 12.9. The van der Waals surface area contributed by atoms with E-state index in [9.17, 15) is 13.5 Å². The van der Waals surface area contributed by atoms with Gasteiger partial charge in [-0.25, -0.2) is 18.4 Å². The summed E-state index contributed by atoms with van der Waals surface area (Å²) in [5, 5.41) is 11.0. The number of hydrogen-bond acceptors (Lipinski definition) is 8. The van der Waals surface area contributed by atoms with Crippen LogP contribution in [0.4, 0.5) is 5.82 Å². The van der Waals surface area contributed by atoms with Crippen molar-refractivity contribution in [3.63, 3.8) is 0 Å². The Labute approximate surface area is 218 Å². The third-order valence-corrected chi connectivity index (χ3v) is 9.52. The van der Waals surface area contributed by atoms with Gasteiger partial charge in [-0.15, -0.1) is 0 Å². The van der Waals surface area contributed by atoms with Gasteiger partial charge in [-0.05, 0) is 62.6 Å². The maximum atomic E-state index is 13.2. The molecule has 0 aliphatic carbocycles. The van der Waals surface area contributed by atoms with Crippen LogP contribution in [0.15, 0.2) is 53.4 Å². The molecule has 0 spiro atoms. The van der Waals surface area contributed by atoms with Crippen molar-refractivity contribution in [1.82, 2.24) is 19.2 Å². The fourth-order valence-electron chi connectivity index (χ4n) is 5.34. The Hall–Kier alpha value is -2.79. The van der Waals surface area contributed by atoms with E-state index in [1.807, 2.05) is 24.3 Å². The van der Waals surface area contributed by atoms with E-state index in [2.05, 4.69) is 16.7 Å². The van der Waals surface area contributed by atoms with Crippen molar-refractivity contribution in [3.05, 3.63) is 54.4 Å². The molecular weight excluding hydrogens is 490 g/mol. The highest BCUT2D eigenvalue weighted by Crippen LogP contribution is 2.32. The zero-order chi connectivity index (χ0) is 26.0. The number of benzene rings is 2. The van der Waals surface area contributed by atoms with Crippen molar-refractivity contribution in [3.8, 4) is 5.75 Å². The van der Waals surface area contributed by atoms with Gasteiger partial charge in [-0.3, -0.25) is 4.90 Å². The third-order valence-electron chi connectivity index (χ3n) is 7.60. The number of para-hydroxylation sites is 1. The van der Waals surface area contributed by atoms with Crippen LogP contribution in [-0.2, 0) is 10.0 Å². The van der Waals surface area contributed by atoms with Crippen molar-refractivity contribution < 1.29 is 18.3 Å². The molecule has 1 aromatic heterocycles. The van der Waals surface area contributed by atoms with E-state index >= 15 is 0 Å². The van der Waals surface area contributed by atoms with E-state index in [0.717, 1.165) is 48.4 Å². The monoisotopic (exact) mass is 525 g/mol. The molecule has 0 saturated carbocycles. The minimum atomic E-state index is -3.57. The number of fused-ring (bicyclic) bond motifs is 1. The van der Waals surface area contributed by atoms with Crippen molar-refractivity contribution >= 4 is 26.7 Å². The lowest BCUT2D eigenvalue weighted by molar-refractivity contribution is 0.141. The van der Waals surface area contributed by atoms with E-state index in [0.29, 0.717) is 31.9 Å². The minimum Gasteiger partial charge on any atom is -0.497 e. The number of rotatable bonds is 7. The molecule has 0 bridgehead atoms. The number of nitrogens with zero attached hydrogens (tertiary/aromatic N) is 5. The summed E-state index contributed by atoms with van der Waals surface area (Å²) in [4.78, 5) is 14.7. The fourth-order valence-corrected chi connectivity index (χ4v) is 6.77. The average Bonchev–Trinajstić information content (AvgIpc) is 2.96. The van der Waals surface area contributed by atoms with Crippen LogP contribution in [-0.4, -0.2) is 85.2 Å². The minimum absolute atomic E-state index is 0.0573. The molecule has 2 saturated heterocycles. The standard InChI is InChI=1S/C27H35N5O4S/c1-20(30-15-17-31(18-16-30)37(34,35)23-12-10-22(36-2)11-13-23)26-28-25-9-4-3-8-24(25)27(29-26)32-14-6-5-7-21(32)19-33/h3-4,8-13,20-21,33H,5-7,14-19H2,1-2H3. The Bertz CT molecular complexity index is 1330. The molecule has 2 atom stereocenters. The summed E-state index contributed by atoms with van der Waals surface area (Å²) < 4.78 is 33.0. The molecule has 3 heterocycles. The molecule has 2 aliphatic rings.